The molecular weight excluding hydrogens is 310 g/mol. The van der Waals surface area contributed by atoms with E-state index >= 15 is 0 Å². The van der Waals surface area contributed by atoms with Crippen molar-refractivity contribution in [1.29, 1.82) is 0 Å². The van der Waals surface area contributed by atoms with Crippen LogP contribution >= 0.6 is 0 Å². The number of non-ortho nitro benzene ring substituents is 1. The second-order valence-electron chi connectivity index (χ2n) is 5.04. The molecule has 0 saturated heterocycles. The van der Waals surface area contributed by atoms with Gasteiger partial charge in [0.05, 0.1) is 12.0 Å². The fourth-order valence-electron chi connectivity index (χ4n) is 2.29. The molecule has 2 rings (SSSR count). The number of ether oxygens (including phenoxy) is 2. The van der Waals surface area contributed by atoms with E-state index in [1.165, 1.54) is 19.2 Å². The van der Waals surface area contributed by atoms with Crippen molar-refractivity contribution in [2.75, 3.05) is 7.11 Å². The van der Waals surface area contributed by atoms with Crippen LogP contribution in [0.5, 0.6) is 11.5 Å². The summed E-state index contributed by atoms with van der Waals surface area (Å²) in [5.74, 6) is 0.927. The molecule has 0 spiro atoms. The van der Waals surface area contributed by atoms with Crippen molar-refractivity contribution in [3.05, 3.63) is 75.9 Å². The summed E-state index contributed by atoms with van der Waals surface area (Å²) in [5, 5.41) is 10.8. The van der Waals surface area contributed by atoms with Gasteiger partial charge in [0, 0.05) is 23.3 Å². The molecule has 2 aromatic rings. The number of nitro benzene ring substituents is 1. The summed E-state index contributed by atoms with van der Waals surface area (Å²) in [5.41, 5.74) is 1.91. The third kappa shape index (κ3) is 3.98. The lowest BCUT2D eigenvalue weighted by Crippen LogP contribution is -2.02. The van der Waals surface area contributed by atoms with E-state index in [-0.39, 0.29) is 12.3 Å². The maximum absolute atomic E-state index is 11.0. The highest BCUT2D eigenvalue weighted by Crippen LogP contribution is 2.34. The Labute approximate surface area is 139 Å². The minimum atomic E-state index is -0.452. The number of carbonyl (C=O) groups excluding carboxylic acids is 1. The number of hydrogen-bond acceptors (Lipinski definition) is 5. The summed E-state index contributed by atoms with van der Waals surface area (Å²) in [7, 11) is 1.49. The molecule has 124 valence electrons. The van der Waals surface area contributed by atoms with Gasteiger partial charge in [-0.2, -0.15) is 0 Å². The van der Waals surface area contributed by atoms with E-state index in [0.717, 1.165) is 11.8 Å². The largest absolute Gasteiger partial charge is 0.493 e. The molecule has 6 nitrogen and oxygen atoms in total. The fourth-order valence-corrected chi connectivity index (χ4v) is 2.29. The Balaban J connectivity index is 2.31. The number of benzene rings is 2. The normalized spacial score (nSPS) is 10.0. The molecule has 6 heteroatoms. The number of rotatable bonds is 8. The van der Waals surface area contributed by atoms with Crippen LogP contribution in [0, 0.1) is 10.1 Å². The number of nitro groups is 1. The van der Waals surface area contributed by atoms with E-state index in [1.807, 2.05) is 0 Å². The summed E-state index contributed by atoms with van der Waals surface area (Å²) < 4.78 is 11.1. The lowest BCUT2D eigenvalue weighted by atomic mass is 10.1. The SMILES string of the molecule is C=CCc1cc(C=O)cc(OC)c1OCc1cccc([N+](=O)[O-])c1. The summed E-state index contributed by atoms with van der Waals surface area (Å²) in [6, 6.07) is 9.52. The molecule has 0 aliphatic rings. The molecular formula is C18H17NO5. The van der Waals surface area contributed by atoms with Gasteiger partial charge in [0.1, 0.15) is 12.9 Å². The van der Waals surface area contributed by atoms with Gasteiger partial charge in [0.25, 0.3) is 5.69 Å². The number of allylic oxidation sites excluding steroid dienone is 1. The van der Waals surface area contributed by atoms with E-state index < -0.39 is 4.92 Å². The zero-order chi connectivity index (χ0) is 17.5. The van der Waals surface area contributed by atoms with Gasteiger partial charge < -0.3 is 9.47 Å². The van der Waals surface area contributed by atoms with Crippen LogP contribution in [0.3, 0.4) is 0 Å². The van der Waals surface area contributed by atoms with E-state index in [4.69, 9.17) is 9.47 Å². The molecule has 0 amide bonds. The third-order valence-electron chi connectivity index (χ3n) is 3.38. The van der Waals surface area contributed by atoms with Crippen LogP contribution in [-0.4, -0.2) is 18.3 Å². The summed E-state index contributed by atoms with van der Waals surface area (Å²) in [4.78, 5) is 21.4. The van der Waals surface area contributed by atoms with Gasteiger partial charge in [0.2, 0.25) is 0 Å². The highest BCUT2D eigenvalue weighted by Gasteiger charge is 2.14. The van der Waals surface area contributed by atoms with Gasteiger partial charge >= 0.3 is 0 Å². The predicted molar refractivity (Wildman–Crippen MR) is 89.7 cm³/mol. The van der Waals surface area contributed by atoms with Gasteiger partial charge in [-0.25, -0.2) is 0 Å². The molecule has 0 aromatic heterocycles. The van der Waals surface area contributed by atoms with Crippen molar-refractivity contribution in [1.82, 2.24) is 0 Å². The van der Waals surface area contributed by atoms with Crippen LogP contribution in [0.1, 0.15) is 21.5 Å². The first-order valence-electron chi connectivity index (χ1n) is 7.22. The maximum atomic E-state index is 11.0. The average Bonchev–Trinajstić information content (AvgIpc) is 2.60. The first-order chi connectivity index (χ1) is 11.6. The lowest BCUT2D eigenvalue weighted by Gasteiger charge is -2.15. The molecule has 0 fully saturated rings. The number of nitrogens with zero attached hydrogens (tertiary/aromatic N) is 1. The van der Waals surface area contributed by atoms with Gasteiger partial charge in [0.15, 0.2) is 11.5 Å². The highest BCUT2D eigenvalue weighted by molar-refractivity contribution is 5.77. The fraction of sp³-hybridized carbons (Fsp3) is 0.167. The van der Waals surface area contributed by atoms with Gasteiger partial charge in [-0.1, -0.05) is 18.2 Å². The van der Waals surface area contributed by atoms with Gasteiger partial charge in [-0.15, -0.1) is 6.58 Å². The Morgan fingerprint density at radius 3 is 2.71 bits per heavy atom. The van der Waals surface area contributed by atoms with E-state index in [0.29, 0.717) is 29.0 Å². The molecule has 0 N–H and O–H groups in total. The molecule has 0 heterocycles. The van der Waals surface area contributed by atoms with E-state index in [9.17, 15) is 14.9 Å². The standard InChI is InChI=1S/C18H17NO5/c1-3-5-15-8-14(11-20)10-17(23-2)18(15)24-12-13-6-4-7-16(9-13)19(21)22/h3-4,6-11H,1,5,12H2,2H3. The predicted octanol–water partition coefficient (Wildman–Crippen LogP) is 3.72. The summed E-state index contributed by atoms with van der Waals surface area (Å²) in [6.45, 7) is 3.84. The average molecular weight is 327 g/mol. The smallest absolute Gasteiger partial charge is 0.269 e. The van der Waals surface area contributed by atoms with Crippen LogP contribution in [-0.2, 0) is 13.0 Å². The molecule has 0 unspecified atom stereocenters. The Bertz CT molecular complexity index is 770. The minimum Gasteiger partial charge on any atom is -0.493 e. The zero-order valence-electron chi connectivity index (χ0n) is 13.2. The second-order valence-corrected chi connectivity index (χ2v) is 5.04. The molecule has 0 atom stereocenters. The van der Waals surface area contributed by atoms with Crippen LogP contribution in [0.2, 0.25) is 0 Å². The van der Waals surface area contributed by atoms with Crippen LogP contribution in [0.4, 0.5) is 5.69 Å². The van der Waals surface area contributed by atoms with Crippen molar-refractivity contribution >= 4 is 12.0 Å². The molecule has 0 bridgehead atoms. The van der Waals surface area contributed by atoms with Crippen molar-refractivity contribution < 1.29 is 19.2 Å². The zero-order valence-corrected chi connectivity index (χ0v) is 13.2. The number of hydrogen-bond donors (Lipinski definition) is 0. The Morgan fingerprint density at radius 2 is 2.08 bits per heavy atom. The topological polar surface area (TPSA) is 78.7 Å². The summed E-state index contributed by atoms with van der Waals surface area (Å²) >= 11 is 0. The summed E-state index contributed by atoms with van der Waals surface area (Å²) in [6.07, 6.45) is 2.94. The number of methoxy groups -OCH3 is 1. The van der Waals surface area contributed by atoms with E-state index in [2.05, 4.69) is 6.58 Å². The van der Waals surface area contributed by atoms with Crippen molar-refractivity contribution in [2.24, 2.45) is 0 Å². The number of carbonyl (C=O) groups is 1. The monoisotopic (exact) mass is 327 g/mol. The third-order valence-corrected chi connectivity index (χ3v) is 3.38. The second kappa shape index (κ2) is 7.92. The molecule has 2 aromatic carbocycles. The highest BCUT2D eigenvalue weighted by atomic mass is 16.6. The van der Waals surface area contributed by atoms with Crippen molar-refractivity contribution in [3.63, 3.8) is 0 Å². The minimum absolute atomic E-state index is 0.00526. The van der Waals surface area contributed by atoms with Crippen LogP contribution < -0.4 is 9.47 Å². The first-order valence-corrected chi connectivity index (χ1v) is 7.22. The van der Waals surface area contributed by atoms with Crippen LogP contribution in [0.15, 0.2) is 49.1 Å². The molecule has 0 radical (unpaired) electrons. The van der Waals surface area contributed by atoms with E-state index in [1.54, 1.807) is 30.3 Å². The molecule has 0 aliphatic carbocycles. The lowest BCUT2D eigenvalue weighted by molar-refractivity contribution is -0.384. The molecule has 24 heavy (non-hydrogen) atoms. The molecule has 0 saturated carbocycles. The van der Waals surface area contributed by atoms with Crippen molar-refractivity contribution in [2.45, 2.75) is 13.0 Å². The Kier molecular flexibility index (Phi) is 5.68. The van der Waals surface area contributed by atoms with Gasteiger partial charge in [-0.3, -0.25) is 14.9 Å². The maximum Gasteiger partial charge on any atom is 0.269 e. The van der Waals surface area contributed by atoms with Gasteiger partial charge in [-0.05, 0) is 24.1 Å². The number of aldehydes is 1. The van der Waals surface area contributed by atoms with Crippen molar-refractivity contribution in [3.8, 4) is 11.5 Å². The Morgan fingerprint density at radius 1 is 1.29 bits per heavy atom. The first kappa shape index (κ1) is 17.2. The Hall–Kier alpha value is -3.15. The quantitative estimate of drug-likeness (QED) is 0.319. The molecule has 0 aliphatic heterocycles. The van der Waals surface area contributed by atoms with Crippen LogP contribution in [0.25, 0.3) is 0 Å².